The van der Waals surface area contributed by atoms with E-state index in [1.165, 1.54) is 0 Å². The van der Waals surface area contributed by atoms with Gasteiger partial charge in [0.05, 0.1) is 0 Å². The number of carbonyl (C=O) groups is 8. The molecule has 2 fully saturated rings. The lowest BCUT2D eigenvalue weighted by molar-refractivity contribution is -0.345. The van der Waals surface area contributed by atoms with Crippen LogP contribution in [0, 0.1) is 0 Å². The highest BCUT2D eigenvalue weighted by Gasteiger charge is 2.57. The largest absolute Gasteiger partial charge is 0.463 e. The van der Waals surface area contributed by atoms with Gasteiger partial charge in [0, 0.05) is 54.9 Å². The van der Waals surface area contributed by atoms with Crippen molar-refractivity contribution < 1.29 is 85.7 Å². The van der Waals surface area contributed by atoms with Crippen LogP contribution >= 0.6 is 0 Å². The van der Waals surface area contributed by atoms with E-state index in [0.29, 0.717) is 6.42 Å². The highest BCUT2D eigenvalue weighted by Crippen LogP contribution is 2.35. The number of hydrogen-bond donors (Lipinski definition) is 1. The van der Waals surface area contributed by atoms with E-state index in [1.54, 1.807) is 0 Å². The van der Waals surface area contributed by atoms with Gasteiger partial charge in [0.15, 0.2) is 43.0 Å². The summed E-state index contributed by atoms with van der Waals surface area (Å²) in [5.41, 5.74) is 0. The van der Waals surface area contributed by atoms with Gasteiger partial charge in [-0.25, -0.2) is 0 Å². The monoisotopic (exact) mass is 761 g/mol. The fraction of sp³-hybridized carbons (Fsp3) is 0.765. The Balaban J connectivity index is 2.66. The van der Waals surface area contributed by atoms with Crippen molar-refractivity contribution in [1.82, 2.24) is 5.32 Å². The van der Waals surface area contributed by atoms with Crippen molar-refractivity contribution in [3.63, 3.8) is 0 Å². The summed E-state index contributed by atoms with van der Waals surface area (Å²) in [4.78, 5) is 98.6. The fourth-order valence-corrected chi connectivity index (χ4v) is 5.75. The Morgan fingerprint density at radius 2 is 0.925 bits per heavy atom. The summed E-state index contributed by atoms with van der Waals surface area (Å²) in [5.74, 6) is -6.42. The zero-order valence-electron chi connectivity index (χ0n) is 31.3. The number of carbonyl (C=O) groups excluding carboxylic acids is 8. The van der Waals surface area contributed by atoms with Gasteiger partial charge in [-0.05, 0) is 6.42 Å². The third-order valence-electron chi connectivity index (χ3n) is 7.74. The van der Waals surface area contributed by atoms with Crippen LogP contribution in [0.4, 0.5) is 0 Å². The summed E-state index contributed by atoms with van der Waals surface area (Å²) < 4.78 is 56.3. The Bertz CT molecular complexity index is 1300. The number of rotatable bonds is 18. The molecule has 0 aliphatic carbocycles. The van der Waals surface area contributed by atoms with Crippen molar-refractivity contribution in [3.05, 3.63) is 0 Å². The Morgan fingerprint density at radius 1 is 0.491 bits per heavy atom. The highest BCUT2D eigenvalue weighted by molar-refractivity contribution is 5.76. The topological polar surface area (TPSA) is 241 Å². The van der Waals surface area contributed by atoms with Crippen molar-refractivity contribution in [1.29, 1.82) is 0 Å². The lowest BCUT2D eigenvalue weighted by Gasteiger charge is -2.48. The van der Waals surface area contributed by atoms with E-state index in [-0.39, 0.29) is 6.42 Å². The molecule has 10 atom stereocenters. The van der Waals surface area contributed by atoms with Crippen molar-refractivity contribution in [3.8, 4) is 0 Å². The lowest BCUT2D eigenvalue weighted by atomic mass is 9.95. The van der Waals surface area contributed by atoms with Gasteiger partial charge < -0.3 is 52.7 Å². The van der Waals surface area contributed by atoms with Crippen LogP contribution in [-0.2, 0) is 85.7 Å². The molecule has 300 valence electrons. The maximum absolute atomic E-state index is 13.1. The van der Waals surface area contributed by atoms with Crippen molar-refractivity contribution in [2.24, 2.45) is 0 Å². The first-order valence-electron chi connectivity index (χ1n) is 17.3. The van der Waals surface area contributed by atoms with Gasteiger partial charge in [-0.2, -0.15) is 0 Å². The first-order chi connectivity index (χ1) is 24.9. The van der Waals surface area contributed by atoms with Gasteiger partial charge in [0.2, 0.25) is 5.91 Å². The summed E-state index contributed by atoms with van der Waals surface area (Å²) in [6.45, 7) is 8.35. The Labute approximate surface area is 307 Å². The number of amides is 1. The third-order valence-corrected chi connectivity index (χ3v) is 7.74. The van der Waals surface area contributed by atoms with E-state index >= 15 is 0 Å². The number of nitrogens with one attached hydrogen (secondary N) is 1. The summed E-state index contributed by atoms with van der Waals surface area (Å²) in [5, 5.41) is 2.65. The van der Waals surface area contributed by atoms with Crippen LogP contribution < -0.4 is 5.32 Å². The summed E-state index contributed by atoms with van der Waals surface area (Å²) in [6.07, 6.45) is -11.4. The minimum Gasteiger partial charge on any atom is -0.463 e. The zero-order chi connectivity index (χ0) is 39.8. The van der Waals surface area contributed by atoms with Crippen LogP contribution in [-0.4, -0.2) is 122 Å². The Kier molecular flexibility index (Phi) is 18.6. The van der Waals surface area contributed by atoms with E-state index < -0.39 is 122 Å². The molecule has 0 saturated carbocycles. The predicted octanol–water partition coefficient (Wildman–Crippen LogP) is 1.08. The molecule has 2 rings (SSSR count). The second kappa shape index (κ2) is 22.0. The van der Waals surface area contributed by atoms with E-state index in [9.17, 15) is 38.4 Å². The number of esters is 7. The highest BCUT2D eigenvalue weighted by atomic mass is 16.8. The normalized spacial score (nSPS) is 28.0. The molecule has 1 N–H and O–H groups in total. The fourth-order valence-electron chi connectivity index (χ4n) is 5.75. The quantitative estimate of drug-likeness (QED) is 0.117. The molecule has 0 aromatic rings. The third kappa shape index (κ3) is 15.3. The van der Waals surface area contributed by atoms with Gasteiger partial charge in [0.25, 0.3) is 0 Å². The molecule has 0 bridgehead atoms. The average molecular weight is 762 g/mol. The Hall–Kier alpha value is -4.36. The van der Waals surface area contributed by atoms with Gasteiger partial charge in [-0.3, -0.25) is 38.4 Å². The first kappa shape index (κ1) is 44.8. The molecule has 2 aliphatic heterocycles. The molecule has 1 amide bonds. The van der Waals surface area contributed by atoms with Crippen molar-refractivity contribution in [2.45, 2.75) is 155 Å². The molecule has 53 heavy (non-hydrogen) atoms. The van der Waals surface area contributed by atoms with Crippen LogP contribution in [0.3, 0.4) is 0 Å². The number of ether oxygens (including phenoxy) is 10. The minimum absolute atomic E-state index is 0.0911. The number of hydrogen-bond acceptors (Lipinski definition) is 18. The molecule has 2 saturated heterocycles. The molecule has 2 heterocycles. The summed E-state index contributed by atoms with van der Waals surface area (Å²) >= 11 is 0. The molecular formula is C34H51NO18. The van der Waals surface area contributed by atoms with Gasteiger partial charge >= 0.3 is 41.8 Å². The van der Waals surface area contributed by atoms with Crippen LogP contribution in [0.1, 0.15) is 93.9 Å². The van der Waals surface area contributed by atoms with Crippen LogP contribution in [0.15, 0.2) is 0 Å². The van der Waals surface area contributed by atoms with Gasteiger partial charge in [0.1, 0.15) is 31.5 Å². The molecule has 19 nitrogen and oxygen atoms in total. The van der Waals surface area contributed by atoms with Gasteiger partial charge in [-0.1, -0.05) is 32.6 Å². The second-order valence-corrected chi connectivity index (χ2v) is 12.4. The Morgan fingerprint density at radius 3 is 1.42 bits per heavy atom. The van der Waals surface area contributed by atoms with E-state index in [0.717, 1.165) is 74.1 Å². The predicted molar refractivity (Wildman–Crippen MR) is 175 cm³/mol. The van der Waals surface area contributed by atoms with Crippen LogP contribution in [0.2, 0.25) is 0 Å². The molecular weight excluding hydrogens is 710 g/mol. The summed E-state index contributed by atoms with van der Waals surface area (Å²) in [7, 11) is 0. The standard InChI is InChI=1S/C34H51NO18/c1-9-10-11-12-13-14-26(43)35-33-31(49-22(7)41)29(47-20(5)39)28(24(51-33)15-44-17(2)36)53-34-32(50-23(8)42)30(48-21(6)40)27(46-19(4)38)25(52-34)16-45-18(3)37/h24-25,27-34H,9-16H2,1-8H3,(H,35,43)/t24-,25-,27+,28-,29+,30+,31-,32-,33-,34+/m1/s1. The van der Waals surface area contributed by atoms with Crippen LogP contribution in [0.25, 0.3) is 0 Å². The van der Waals surface area contributed by atoms with Crippen molar-refractivity contribution in [2.75, 3.05) is 13.2 Å². The molecule has 0 radical (unpaired) electrons. The molecule has 0 aromatic heterocycles. The number of unbranched alkanes of at least 4 members (excludes halogenated alkanes) is 4. The first-order valence-corrected chi connectivity index (χ1v) is 17.3. The molecule has 2 aliphatic rings. The van der Waals surface area contributed by atoms with Crippen molar-refractivity contribution >= 4 is 47.7 Å². The molecule has 0 unspecified atom stereocenters. The molecule has 0 spiro atoms. The van der Waals surface area contributed by atoms with Gasteiger partial charge in [-0.15, -0.1) is 0 Å². The van der Waals surface area contributed by atoms with E-state index in [2.05, 4.69) is 12.2 Å². The summed E-state index contributed by atoms with van der Waals surface area (Å²) in [6, 6.07) is 0. The maximum Gasteiger partial charge on any atom is 0.303 e. The average Bonchev–Trinajstić information content (AvgIpc) is 3.03. The smallest absolute Gasteiger partial charge is 0.303 e. The molecule has 19 heteroatoms. The minimum atomic E-state index is -1.81. The van der Waals surface area contributed by atoms with E-state index in [1.807, 2.05) is 0 Å². The SMILES string of the molecule is CCCCCCCC(=O)N[C@@H]1O[C@H](COC(C)=O)[C@@H](O[C@@H]2O[C@H](COC(C)=O)[C@H](OC(C)=O)[C@H](OC(C)=O)[C@H]2OC(C)=O)[C@H](OC(C)=O)[C@H]1OC(C)=O. The second-order valence-electron chi connectivity index (χ2n) is 12.4. The zero-order valence-corrected chi connectivity index (χ0v) is 31.3. The molecule has 0 aromatic carbocycles. The maximum atomic E-state index is 13.1. The van der Waals surface area contributed by atoms with Crippen LogP contribution in [0.5, 0.6) is 0 Å². The van der Waals surface area contributed by atoms with E-state index in [4.69, 9.17) is 47.4 Å². The lowest BCUT2D eigenvalue weighted by Crippen LogP contribution is -2.68.